The fourth-order valence-corrected chi connectivity index (χ4v) is 7.46. The fraction of sp³-hybridized carbons (Fsp3) is 0.409. The molecule has 31 heavy (non-hydrogen) atoms. The van der Waals surface area contributed by atoms with Gasteiger partial charge < -0.3 is 9.30 Å². The van der Waals surface area contributed by atoms with E-state index in [-0.39, 0.29) is 0 Å². The number of aromatic nitrogens is 1. The zero-order valence-corrected chi connectivity index (χ0v) is 19.6. The largest absolute Gasteiger partial charge is 0.379 e. The molecule has 3 heterocycles. The SMILES string of the molecule is O=S(=O)(c1ccc(N=c2scc(-c3cccs3)n2C2CCCC2)cc1)N1CCOCC1. The highest BCUT2D eigenvalue weighted by Gasteiger charge is 2.26. The van der Waals surface area contributed by atoms with Crippen LogP contribution in [-0.2, 0) is 14.8 Å². The van der Waals surface area contributed by atoms with Crippen molar-refractivity contribution in [2.75, 3.05) is 26.3 Å². The molecule has 2 aliphatic rings. The number of sulfonamides is 1. The Hall–Kier alpha value is -1.78. The summed E-state index contributed by atoms with van der Waals surface area (Å²) in [7, 11) is -3.49. The average Bonchev–Trinajstić information content (AvgIpc) is 3.56. The number of rotatable bonds is 5. The van der Waals surface area contributed by atoms with Crippen molar-refractivity contribution in [2.24, 2.45) is 4.99 Å². The second-order valence-corrected chi connectivity index (χ2v) is 11.5. The molecule has 5 rings (SSSR count). The van der Waals surface area contributed by atoms with Crippen molar-refractivity contribution in [3.05, 3.63) is 52.0 Å². The van der Waals surface area contributed by atoms with Gasteiger partial charge >= 0.3 is 0 Å². The topological polar surface area (TPSA) is 63.9 Å². The monoisotopic (exact) mass is 475 g/mol. The zero-order valence-electron chi connectivity index (χ0n) is 17.1. The van der Waals surface area contributed by atoms with E-state index in [0.29, 0.717) is 37.2 Å². The predicted octanol–water partition coefficient (Wildman–Crippen LogP) is 4.65. The molecule has 1 saturated heterocycles. The lowest BCUT2D eigenvalue weighted by molar-refractivity contribution is 0.0730. The van der Waals surface area contributed by atoms with Crippen LogP contribution >= 0.6 is 22.7 Å². The van der Waals surface area contributed by atoms with Crippen molar-refractivity contribution in [3.63, 3.8) is 0 Å². The van der Waals surface area contributed by atoms with E-state index in [1.807, 2.05) is 0 Å². The molecule has 0 N–H and O–H groups in total. The number of hydrogen-bond acceptors (Lipinski definition) is 6. The molecule has 164 valence electrons. The number of thiazole rings is 1. The summed E-state index contributed by atoms with van der Waals surface area (Å²) in [4.78, 5) is 7.45. The van der Waals surface area contributed by atoms with Crippen LogP contribution in [0.1, 0.15) is 31.7 Å². The number of hydrogen-bond donors (Lipinski definition) is 0. The van der Waals surface area contributed by atoms with Crippen LogP contribution in [0.2, 0.25) is 0 Å². The molecule has 6 nitrogen and oxygen atoms in total. The van der Waals surface area contributed by atoms with Gasteiger partial charge in [0.25, 0.3) is 0 Å². The lowest BCUT2D eigenvalue weighted by atomic mass is 10.2. The quantitative estimate of drug-likeness (QED) is 0.540. The van der Waals surface area contributed by atoms with E-state index in [2.05, 4.69) is 27.5 Å². The molecule has 0 unspecified atom stereocenters. The van der Waals surface area contributed by atoms with E-state index in [1.54, 1.807) is 46.9 Å². The fourth-order valence-electron chi connectivity index (χ4n) is 4.26. The summed E-state index contributed by atoms with van der Waals surface area (Å²) in [5.41, 5.74) is 2.00. The van der Waals surface area contributed by atoms with Crippen LogP contribution in [0, 0.1) is 0 Å². The van der Waals surface area contributed by atoms with Gasteiger partial charge in [0, 0.05) is 24.5 Å². The standard InChI is InChI=1S/C22H25N3O3S3/c26-31(27,24-11-13-28-14-12-24)19-9-7-17(8-10-19)23-22-25(18-4-1-2-5-18)20(16-30-22)21-6-3-15-29-21/h3,6-10,15-16,18H,1-2,4-5,11-14H2. The minimum absolute atomic E-state index is 0.308. The van der Waals surface area contributed by atoms with Gasteiger partial charge in [0.15, 0.2) is 4.80 Å². The Bertz CT molecular complexity index is 1180. The van der Waals surface area contributed by atoms with Gasteiger partial charge in [-0.05, 0) is 48.6 Å². The smallest absolute Gasteiger partial charge is 0.243 e. The van der Waals surface area contributed by atoms with Gasteiger partial charge in [-0.15, -0.1) is 22.7 Å². The minimum Gasteiger partial charge on any atom is -0.379 e. The van der Waals surface area contributed by atoms with Crippen LogP contribution in [-0.4, -0.2) is 43.6 Å². The molecule has 1 aliphatic carbocycles. The molecule has 1 aliphatic heterocycles. The first-order valence-electron chi connectivity index (χ1n) is 10.6. The molecule has 3 aromatic rings. The Labute approximate surface area is 190 Å². The first-order chi connectivity index (χ1) is 15.1. The summed E-state index contributed by atoms with van der Waals surface area (Å²) in [5, 5.41) is 4.30. The summed E-state index contributed by atoms with van der Waals surface area (Å²) in [5.74, 6) is 0. The third kappa shape index (κ3) is 4.29. The average molecular weight is 476 g/mol. The minimum atomic E-state index is -3.49. The van der Waals surface area contributed by atoms with Gasteiger partial charge in [0.2, 0.25) is 10.0 Å². The van der Waals surface area contributed by atoms with Crippen LogP contribution in [0.15, 0.2) is 57.0 Å². The Balaban J connectivity index is 1.48. The van der Waals surface area contributed by atoms with E-state index in [9.17, 15) is 8.42 Å². The maximum Gasteiger partial charge on any atom is 0.243 e. The van der Waals surface area contributed by atoms with Gasteiger partial charge in [0.1, 0.15) is 0 Å². The van der Waals surface area contributed by atoms with Crippen molar-refractivity contribution >= 4 is 38.4 Å². The molecule has 1 saturated carbocycles. The van der Waals surface area contributed by atoms with Crippen LogP contribution < -0.4 is 4.80 Å². The summed E-state index contributed by atoms with van der Waals surface area (Å²) in [6.45, 7) is 1.69. The highest BCUT2D eigenvalue weighted by atomic mass is 32.2. The predicted molar refractivity (Wildman–Crippen MR) is 124 cm³/mol. The Morgan fingerprint density at radius 2 is 1.74 bits per heavy atom. The Kier molecular flexibility index (Phi) is 6.12. The highest BCUT2D eigenvalue weighted by Crippen LogP contribution is 2.35. The summed E-state index contributed by atoms with van der Waals surface area (Å²) in [6.07, 6.45) is 4.87. The second kappa shape index (κ2) is 8.99. The maximum absolute atomic E-state index is 12.9. The molecule has 2 aromatic heterocycles. The van der Waals surface area contributed by atoms with Gasteiger partial charge in [-0.1, -0.05) is 18.9 Å². The van der Waals surface area contributed by atoms with E-state index in [0.717, 1.165) is 10.5 Å². The van der Waals surface area contributed by atoms with E-state index >= 15 is 0 Å². The number of nitrogens with zero attached hydrogens (tertiary/aromatic N) is 3. The third-order valence-corrected chi connectivity index (χ3v) is 9.52. The lowest BCUT2D eigenvalue weighted by Crippen LogP contribution is -2.40. The molecule has 0 bridgehead atoms. The first-order valence-corrected chi connectivity index (χ1v) is 13.8. The Morgan fingerprint density at radius 3 is 2.42 bits per heavy atom. The van der Waals surface area contributed by atoms with Crippen molar-refractivity contribution in [1.82, 2.24) is 8.87 Å². The van der Waals surface area contributed by atoms with Crippen LogP contribution in [0.3, 0.4) is 0 Å². The molecule has 0 atom stereocenters. The van der Waals surface area contributed by atoms with Gasteiger partial charge in [-0.3, -0.25) is 0 Å². The molecular formula is C22H25N3O3S3. The molecule has 0 spiro atoms. The second-order valence-electron chi connectivity index (χ2n) is 7.81. The van der Waals surface area contributed by atoms with Crippen molar-refractivity contribution in [3.8, 4) is 10.6 Å². The maximum atomic E-state index is 12.9. The highest BCUT2D eigenvalue weighted by molar-refractivity contribution is 7.89. The molecule has 0 radical (unpaired) electrons. The number of thiophene rings is 1. The van der Waals surface area contributed by atoms with Gasteiger partial charge in [0.05, 0.1) is 34.4 Å². The number of ether oxygens (including phenoxy) is 1. The van der Waals surface area contributed by atoms with Crippen LogP contribution in [0.25, 0.3) is 10.6 Å². The Morgan fingerprint density at radius 1 is 1.00 bits per heavy atom. The normalized spacial score (nSPS) is 19.3. The van der Waals surface area contributed by atoms with Crippen LogP contribution in [0.4, 0.5) is 5.69 Å². The van der Waals surface area contributed by atoms with Gasteiger partial charge in [-0.25, -0.2) is 13.4 Å². The third-order valence-electron chi connectivity index (χ3n) is 5.87. The van der Waals surface area contributed by atoms with E-state index in [4.69, 9.17) is 9.73 Å². The van der Waals surface area contributed by atoms with Crippen molar-refractivity contribution < 1.29 is 13.2 Å². The zero-order chi connectivity index (χ0) is 21.3. The lowest BCUT2D eigenvalue weighted by Gasteiger charge is -2.26. The van der Waals surface area contributed by atoms with Crippen molar-refractivity contribution in [1.29, 1.82) is 0 Å². The molecule has 2 fully saturated rings. The van der Waals surface area contributed by atoms with E-state index < -0.39 is 10.0 Å². The summed E-state index contributed by atoms with van der Waals surface area (Å²) >= 11 is 3.40. The molecule has 9 heteroatoms. The number of morpholine rings is 1. The van der Waals surface area contributed by atoms with Crippen molar-refractivity contribution in [2.45, 2.75) is 36.6 Å². The summed E-state index contributed by atoms with van der Waals surface area (Å²) in [6, 6.07) is 11.7. The molecule has 0 amide bonds. The van der Waals surface area contributed by atoms with E-state index in [1.165, 1.54) is 40.6 Å². The summed E-state index contributed by atoms with van der Waals surface area (Å²) < 4.78 is 34.9. The molecule has 1 aromatic carbocycles. The molecular weight excluding hydrogens is 450 g/mol. The van der Waals surface area contributed by atoms with Crippen LogP contribution in [0.5, 0.6) is 0 Å². The van der Waals surface area contributed by atoms with Gasteiger partial charge in [-0.2, -0.15) is 4.31 Å². The first kappa shape index (κ1) is 21.1. The number of benzene rings is 1.